The molecular weight excluding hydrogens is 258 g/mol. The van der Waals surface area contributed by atoms with E-state index in [4.69, 9.17) is 4.74 Å². The number of benzene rings is 1. The van der Waals surface area contributed by atoms with E-state index in [-0.39, 0.29) is 11.9 Å². The standard InChI is InChI=1S/C15H19NO2S/c1-3-11(2)15(17)18-10-6-9-14-16-12-7-4-5-8-13(12)19-14/h4-5,7-8,11H,3,6,9-10H2,1-2H3. The number of carbonyl (C=O) groups is 1. The molecule has 0 aliphatic heterocycles. The van der Waals surface area contributed by atoms with Crippen molar-refractivity contribution in [3.05, 3.63) is 29.3 Å². The molecule has 0 amide bonds. The van der Waals surface area contributed by atoms with Gasteiger partial charge in [-0.2, -0.15) is 0 Å². The molecule has 0 aliphatic rings. The molecule has 2 aromatic rings. The second-order valence-electron chi connectivity index (χ2n) is 4.66. The molecule has 0 saturated carbocycles. The Morgan fingerprint density at radius 1 is 1.42 bits per heavy atom. The quantitative estimate of drug-likeness (QED) is 0.595. The van der Waals surface area contributed by atoms with Crippen molar-refractivity contribution in [3.63, 3.8) is 0 Å². The summed E-state index contributed by atoms with van der Waals surface area (Å²) in [5.74, 6) is -0.0887. The van der Waals surface area contributed by atoms with Gasteiger partial charge in [-0.25, -0.2) is 4.98 Å². The highest BCUT2D eigenvalue weighted by Crippen LogP contribution is 2.22. The van der Waals surface area contributed by atoms with Gasteiger partial charge >= 0.3 is 5.97 Å². The third-order valence-corrected chi connectivity index (χ3v) is 4.23. The lowest BCUT2D eigenvalue weighted by Crippen LogP contribution is -2.14. The zero-order valence-electron chi connectivity index (χ0n) is 11.4. The average molecular weight is 277 g/mol. The van der Waals surface area contributed by atoms with Crippen LogP contribution in [-0.2, 0) is 16.0 Å². The summed E-state index contributed by atoms with van der Waals surface area (Å²) < 4.78 is 6.45. The van der Waals surface area contributed by atoms with Crippen molar-refractivity contribution in [2.24, 2.45) is 5.92 Å². The lowest BCUT2D eigenvalue weighted by molar-refractivity contribution is -0.148. The van der Waals surface area contributed by atoms with Crippen LogP contribution in [-0.4, -0.2) is 17.6 Å². The summed E-state index contributed by atoms with van der Waals surface area (Å²) in [6.07, 6.45) is 2.53. The first-order chi connectivity index (χ1) is 9.20. The van der Waals surface area contributed by atoms with Crippen molar-refractivity contribution in [1.82, 2.24) is 4.98 Å². The first-order valence-electron chi connectivity index (χ1n) is 6.71. The highest BCUT2D eigenvalue weighted by Gasteiger charge is 2.11. The molecule has 0 saturated heterocycles. The molecule has 0 radical (unpaired) electrons. The van der Waals surface area contributed by atoms with Gasteiger partial charge in [0.15, 0.2) is 0 Å². The van der Waals surface area contributed by atoms with Gasteiger partial charge in [0.1, 0.15) is 0 Å². The fraction of sp³-hybridized carbons (Fsp3) is 0.467. The molecule has 0 N–H and O–H groups in total. The Labute approximate surface area is 117 Å². The van der Waals surface area contributed by atoms with Crippen LogP contribution in [0.4, 0.5) is 0 Å². The first-order valence-corrected chi connectivity index (χ1v) is 7.53. The SMILES string of the molecule is CCC(C)C(=O)OCCCc1nc2ccccc2s1. The summed E-state index contributed by atoms with van der Waals surface area (Å²) in [5, 5.41) is 1.11. The Morgan fingerprint density at radius 3 is 2.95 bits per heavy atom. The predicted molar refractivity (Wildman–Crippen MR) is 78.4 cm³/mol. The van der Waals surface area contributed by atoms with Gasteiger partial charge < -0.3 is 4.74 Å². The van der Waals surface area contributed by atoms with Crippen molar-refractivity contribution < 1.29 is 9.53 Å². The van der Waals surface area contributed by atoms with Gasteiger partial charge in [0, 0.05) is 6.42 Å². The Morgan fingerprint density at radius 2 is 2.21 bits per heavy atom. The Kier molecular flexibility index (Phi) is 4.91. The van der Waals surface area contributed by atoms with Gasteiger partial charge in [-0.3, -0.25) is 4.79 Å². The van der Waals surface area contributed by atoms with Crippen LogP contribution in [0.2, 0.25) is 0 Å². The number of para-hydroxylation sites is 1. The maximum atomic E-state index is 11.5. The molecule has 1 atom stereocenters. The summed E-state index contributed by atoms with van der Waals surface area (Å²) in [7, 11) is 0. The van der Waals surface area contributed by atoms with Crippen molar-refractivity contribution in [1.29, 1.82) is 0 Å². The molecule has 1 heterocycles. The third-order valence-electron chi connectivity index (χ3n) is 3.13. The maximum Gasteiger partial charge on any atom is 0.308 e. The lowest BCUT2D eigenvalue weighted by atomic mass is 10.1. The van der Waals surface area contributed by atoms with Crippen LogP contribution in [0.5, 0.6) is 0 Å². The fourth-order valence-corrected chi connectivity index (χ4v) is 2.74. The number of hydrogen-bond acceptors (Lipinski definition) is 4. The molecule has 0 bridgehead atoms. The largest absolute Gasteiger partial charge is 0.465 e. The van der Waals surface area contributed by atoms with Crippen LogP contribution in [0.3, 0.4) is 0 Å². The average Bonchev–Trinajstić information content (AvgIpc) is 2.85. The van der Waals surface area contributed by atoms with Crippen LogP contribution < -0.4 is 0 Å². The Bertz CT molecular complexity index is 517. The van der Waals surface area contributed by atoms with Gasteiger partial charge in [-0.05, 0) is 25.0 Å². The number of hydrogen-bond donors (Lipinski definition) is 0. The van der Waals surface area contributed by atoms with Crippen LogP contribution in [0, 0.1) is 5.92 Å². The second kappa shape index (κ2) is 6.66. The minimum Gasteiger partial charge on any atom is -0.465 e. The molecule has 4 heteroatoms. The van der Waals surface area contributed by atoms with Crippen LogP contribution in [0.1, 0.15) is 31.7 Å². The van der Waals surface area contributed by atoms with Gasteiger partial charge in [0.2, 0.25) is 0 Å². The molecule has 1 aromatic carbocycles. The van der Waals surface area contributed by atoms with E-state index in [1.54, 1.807) is 11.3 Å². The van der Waals surface area contributed by atoms with Crippen LogP contribution in [0.15, 0.2) is 24.3 Å². The van der Waals surface area contributed by atoms with E-state index >= 15 is 0 Å². The Balaban J connectivity index is 1.78. The molecule has 0 spiro atoms. The minimum atomic E-state index is -0.0909. The molecule has 102 valence electrons. The molecule has 3 nitrogen and oxygen atoms in total. The van der Waals surface area contributed by atoms with Crippen LogP contribution in [0.25, 0.3) is 10.2 Å². The van der Waals surface area contributed by atoms with Gasteiger partial charge in [-0.15, -0.1) is 11.3 Å². The zero-order valence-corrected chi connectivity index (χ0v) is 12.2. The number of nitrogens with zero attached hydrogens (tertiary/aromatic N) is 1. The summed E-state index contributed by atoms with van der Waals surface area (Å²) in [6, 6.07) is 8.13. The van der Waals surface area contributed by atoms with Gasteiger partial charge in [-0.1, -0.05) is 26.0 Å². The molecule has 19 heavy (non-hydrogen) atoms. The summed E-state index contributed by atoms with van der Waals surface area (Å²) in [6.45, 7) is 4.38. The highest BCUT2D eigenvalue weighted by atomic mass is 32.1. The first kappa shape index (κ1) is 14.0. The van der Waals surface area contributed by atoms with Crippen molar-refractivity contribution in [2.45, 2.75) is 33.1 Å². The number of rotatable bonds is 6. The van der Waals surface area contributed by atoms with Gasteiger partial charge in [0.25, 0.3) is 0 Å². The van der Waals surface area contributed by atoms with E-state index in [0.717, 1.165) is 29.8 Å². The number of thiazole rings is 1. The van der Waals surface area contributed by atoms with Crippen LogP contribution >= 0.6 is 11.3 Å². The monoisotopic (exact) mass is 277 g/mol. The summed E-state index contributed by atoms with van der Waals surface area (Å²) >= 11 is 1.72. The molecular formula is C15H19NO2S. The van der Waals surface area contributed by atoms with E-state index in [1.165, 1.54) is 4.70 Å². The summed E-state index contributed by atoms with van der Waals surface area (Å²) in [4.78, 5) is 16.0. The van der Waals surface area contributed by atoms with E-state index < -0.39 is 0 Å². The van der Waals surface area contributed by atoms with E-state index in [2.05, 4.69) is 11.1 Å². The second-order valence-corrected chi connectivity index (χ2v) is 5.77. The number of fused-ring (bicyclic) bond motifs is 1. The normalized spacial score (nSPS) is 12.5. The highest BCUT2D eigenvalue weighted by molar-refractivity contribution is 7.18. The number of ether oxygens (including phenoxy) is 1. The van der Waals surface area contributed by atoms with Crippen molar-refractivity contribution >= 4 is 27.5 Å². The maximum absolute atomic E-state index is 11.5. The van der Waals surface area contributed by atoms with E-state index in [0.29, 0.717) is 6.61 Å². The molecule has 2 rings (SSSR count). The topological polar surface area (TPSA) is 39.2 Å². The van der Waals surface area contributed by atoms with Gasteiger partial charge in [0.05, 0.1) is 27.7 Å². The molecule has 0 fully saturated rings. The number of aromatic nitrogens is 1. The van der Waals surface area contributed by atoms with Crippen molar-refractivity contribution in [2.75, 3.05) is 6.61 Å². The zero-order chi connectivity index (χ0) is 13.7. The molecule has 1 unspecified atom stereocenters. The smallest absolute Gasteiger partial charge is 0.308 e. The lowest BCUT2D eigenvalue weighted by Gasteiger charge is -2.08. The minimum absolute atomic E-state index is 0.00227. The number of aryl methyl sites for hydroxylation is 1. The molecule has 1 aromatic heterocycles. The third kappa shape index (κ3) is 3.77. The summed E-state index contributed by atoms with van der Waals surface area (Å²) in [5.41, 5.74) is 1.05. The van der Waals surface area contributed by atoms with E-state index in [1.807, 2.05) is 32.0 Å². The van der Waals surface area contributed by atoms with E-state index in [9.17, 15) is 4.79 Å². The predicted octanol–water partition coefficient (Wildman–Crippen LogP) is 3.82. The van der Waals surface area contributed by atoms with Crippen molar-refractivity contribution in [3.8, 4) is 0 Å². The Hall–Kier alpha value is -1.42. The molecule has 0 aliphatic carbocycles. The fourth-order valence-electron chi connectivity index (χ4n) is 1.73. The number of carbonyl (C=O) groups excluding carboxylic acids is 1. The number of esters is 1.